The number of nitrogen functional groups attached to an aromatic ring is 1. The number of aromatic hydroxyl groups is 1. The molecule has 1 atom stereocenters. The first-order valence-corrected chi connectivity index (χ1v) is 7.26. The second kappa shape index (κ2) is 5.28. The molecule has 0 radical (unpaired) electrons. The van der Waals surface area contributed by atoms with Gasteiger partial charge in [-0.25, -0.2) is 0 Å². The molecule has 110 valence electrons. The van der Waals surface area contributed by atoms with Crippen LogP contribution in [-0.2, 0) is 0 Å². The third-order valence-electron chi connectivity index (χ3n) is 3.54. The Morgan fingerprint density at radius 3 is 2.64 bits per heavy atom. The summed E-state index contributed by atoms with van der Waals surface area (Å²) in [5.41, 5.74) is 13.7. The third kappa shape index (κ3) is 2.26. The van der Waals surface area contributed by atoms with Gasteiger partial charge in [0.2, 0.25) is 5.88 Å². The predicted molar refractivity (Wildman–Crippen MR) is 86.0 cm³/mol. The zero-order chi connectivity index (χ0) is 15.9. The van der Waals surface area contributed by atoms with E-state index in [4.69, 9.17) is 16.2 Å². The van der Waals surface area contributed by atoms with Crippen molar-refractivity contribution in [1.29, 1.82) is 5.26 Å². The summed E-state index contributed by atoms with van der Waals surface area (Å²) in [4.78, 5) is 0. The van der Waals surface area contributed by atoms with Crippen LogP contribution in [0.25, 0.3) is 0 Å². The van der Waals surface area contributed by atoms with Crippen molar-refractivity contribution in [3.63, 3.8) is 0 Å². The molecule has 1 aliphatic rings. The van der Waals surface area contributed by atoms with Crippen LogP contribution in [0.3, 0.4) is 0 Å². The third-order valence-corrected chi connectivity index (χ3v) is 4.04. The van der Waals surface area contributed by atoms with E-state index in [1.165, 1.54) is 0 Å². The summed E-state index contributed by atoms with van der Waals surface area (Å²) in [5.74, 6) is 0.0797. The number of benzene rings is 2. The minimum absolute atomic E-state index is 0.0185. The first-order chi connectivity index (χ1) is 10.5. The first kappa shape index (κ1) is 14.3. The van der Waals surface area contributed by atoms with Crippen LogP contribution in [0.15, 0.2) is 52.3 Å². The molecule has 0 bridgehead atoms. The number of rotatable bonds is 1. The smallest absolute Gasteiger partial charge is 0.205 e. The van der Waals surface area contributed by atoms with Gasteiger partial charge in [0.15, 0.2) is 0 Å². The molecule has 1 heterocycles. The zero-order valence-corrected chi connectivity index (χ0v) is 13.0. The molecule has 0 saturated carbocycles. The van der Waals surface area contributed by atoms with Gasteiger partial charge in [-0.15, -0.1) is 0 Å². The number of phenolic OH excluding ortho intramolecular Hbond substituents is 1. The SMILES string of the molecule is N#CC1=C(N)Oc2cc(N)ccc2[C@@H]1c1cc(Br)ccc1O. The molecule has 2 aromatic carbocycles. The quantitative estimate of drug-likeness (QED) is 0.680. The van der Waals surface area contributed by atoms with Crippen molar-refractivity contribution < 1.29 is 9.84 Å². The number of halogens is 1. The number of phenols is 1. The molecule has 0 saturated heterocycles. The molecule has 3 rings (SSSR count). The van der Waals surface area contributed by atoms with E-state index in [1.807, 2.05) is 0 Å². The fourth-order valence-corrected chi connectivity index (χ4v) is 2.93. The maximum Gasteiger partial charge on any atom is 0.205 e. The standard InChI is InChI=1S/C16H12BrN3O2/c17-8-1-4-13(21)11(5-8)15-10-3-2-9(19)6-14(10)22-16(20)12(15)7-18/h1-6,15,21H,19-20H2/t15-/m1/s1. The van der Waals surface area contributed by atoms with Gasteiger partial charge in [0.05, 0.1) is 5.92 Å². The van der Waals surface area contributed by atoms with Crippen molar-refractivity contribution in [1.82, 2.24) is 0 Å². The number of nitriles is 1. The van der Waals surface area contributed by atoms with Crippen LogP contribution >= 0.6 is 15.9 Å². The van der Waals surface area contributed by atoms with E-state index in [2.05, 4.69) is 22.0 Å². The molecule has 0 aromatic heterocycles. The maximum absolute atomic E-state index is 10.2. The van der Waals surface area contributed by atoms with Crippen molar-refractivity contribution >= 4 is 21.6 Å². The Bertz CT molecular complexity index is 840. The summed E-state index contributed by atoms with van der Waals surface area (Å²) in [7, 11) is 0. The normalized spacial score (nSPS) is 16.6. The molecule has 22 heavy (non-hydrogen) atoms. The van der Waals surface area contributed by atoms with Gasteiger partial charge in [-0.2, -0.15) is 5.26 Å². The Hall–Kier alpha value is -2.65. The number of hydrogen-bond acceptors (Lipinski definition) is 5. The molecule has 5 N–H and O–H groups in total. The second-order valence-electron chi connectivity index (χ2n) is 4.93. The highest BCUT2D eigenvalue weighted by Gasteiger charge is 2.32. The minimum Gasteiger partial charge on any atom is -0.508 e. The molecule has 0 aliphatic carbocycles. The summed E-state index contributed by atoms with van der Waals surface area (Å²) in [6, 6.07) is 12.3. The van der Waals surface area contributed by atoms with Crippen molar-refractivity contribution in [3.05, 3.63) is 63.5 Å². The summed E-state index contributed by atoms with van der Waals surface area (Å²) in [6.45, 7) is 0. The van der Waals surface area contributed by atoms with Gasteiger partial charge in [-0.1, -0.05) is 22.0 Å². The van der Waals surface area contributed by atoms with Crippen LogP contribution < -0.4 is 16.2 Å². The van der Waals surface area contributed by atoms with Crippen LogP contribution in [0.1, 0.15) is 17.0 Å². The highest BCUT2D eigenvalue weighted by molar-refractivity contribution is 9.10. The Morgan fingerprint density at radius 1 is 1.14 bits per heavy atom. The molecule has 0 unspecified atom stereocenters. The number of fused-ring (bicyclic) bond motifs is 1. The average Bonchev–Trinajstić information content (AvgIpc) is 2.48. The Balaban J connectivity index is 2.28. The fourth-order valence-electron chi connectivity index (χ4n) is 2.55. The summed E-state index contributed by atoms with van der Waals surface area (Å²) in [6.07, 6.45) is 0. The van der Waals surface area contributed by atoms with Crippen molar-refractivity contribution in [2.24, 2.45) is 5.73 Å². The maximum atomic E-state index is 10.2. The molecular weight excluding hydrogens is 346 g/mol. The van der Waals surface area contributed by atoms with Crippen molar-refractivity contribution in [3.8, 4) is 17.6 Å². The molecule has 0 amide bonds. The van der Waals surface area contributed by atoms with Crippen LogP contribution in [-0.4, -0.2) is 5.11 Å². The van der Waals surface area contributed by atoms with Gasteiger partial charge in [0.1, 0.15) is 23.1 Å². The van der Waals surface area contributed by atoms with E-state index >= 15 is 0 Å². The van der Waals surface area contributed by atoms with Gasteiger partial charge in [-0.3, -0.25) is 0 Å². The minimum atomic E-state index is -0.508. The molecule has 6 heteroatoms. The number of anilines is 1. The Kier molecular flexibility index (Phi) is 3.43. The lowest BCUT2D eigenvalue weighted by Gasteiger charge is -2.27. The topological polar surface area (TPSA) is 105 Å². The Labute approximate surface area is 135 Å². The largest absolute Gasteiger partial charge is 0.508 e. The molecule has 0 spiro atoms. The van der Waals surface area contributed by atoms with Crippen LogP contribution in [0.5, 0.6) is 11.5 Å². The van der Waals surface area contributed by atoms with Crippen LogP contribution in [0.4, 0.5) is 5.69 Å². The predicted octanol–water partition coefficient (Wildman–Crippen LogP) is 2.96. The molecule has 1 aliphatic heterocycles. The van der Waals surface area contributed by atoms with E-state index in [-0.39, 0.29) is 17.2 Å². The van der Waals surface area contributed by atoms with E-state index < -0.39 is 5.92 Å². The first-order valence-electron chi connectivity index (χ1n) is 6.46. The van der Waals surface area contributed by atoms with Gasteiger partial charge in [0, 0.05) is 27.4 Å². The highest BCUT2D eigenvalue weighted by atomic mass is 79.9. The van der Waals surface area contributed by atoms with E-state index in [1.54, 1.807) is 36.4 Å². The number of nitrogens with zero attached hydrogens (tertiary/aromatic N) is 1. The number of nitrogens with two attached hydrogens (primary N) is 2. The van der Waals surface area contributed by atoms with Gasteiger partial charge < -0.3 is 21.3 Å². The van der Waals surface area contributed by atoms with E-state index in [0.29, 0.717) is 17.0 Å². The average molecular weight is 358 g/mol. The summed E-state index contributed by atoms with van der Waals surface area (Å²) in [5, 5.41) is 19.7. The molecule has 5 nitrogen and oxygen atoms in total. The monoisotopic (exact) mass is 357 g/mol. The second-order valence-corrected chi connectivity index (χ2v) is 5.84. The summed E-state index contributed by atoms with van der Waals surface area (Å²) < 4.78 is 6.29. The Morgan fingerprint density at radius 2 is 1.91 bits per heavy atom. The lowest BCUT2D eigenvalue weighted by molar-refractivity contribution is 0.392. The van der Waals surface area contributed by atoms with Gasteiger partial charge in [0.25, 0.3) is 0 Å². The van der Waals surface area contributed by atoms with Crippen LogP contribution in [0.2, 0.25) is 0 Å². The van der Waals surface area contributed by atoms with Crippen molar-refractivity contribution in [2.75, 3.05) is 5.73 Å². The van der Waals surface area contributed by atoms with Crippen LogP contribution in [0, 0.1) is 11.3 Å². The zero-order valence-electron chi connectivity index (χ0n) is 11.4. The van der Waals surface area contributed by atoms with Gasteiger partial charge >= 0.3 is 0 Å². The highest BCUT2D eigenvalue weighted by Crippen LogP contribution is 2.45. The molecular formula is C16H12BrN3O2. The van der Waals surface area contributed by atoms with E-state index in [9.17, 15) is 10.4 Å². The lowest BCUT2D eigenvalue weighted by Crippen LogP contribution is -2.21. The number of hydrogen-bond donors (Lipinski definition) is 3. The van der Waals surface area contributed by atoms with Gasteiger partial charge in [-0.05, 0) is 24.3 Å². The number of ether oxygens (including phenoxy) is 1. The van der Waals surface area contributed by atoms with Crippen molar-refractivity contribution in [2.45, 2.75) is 5.92 Å². The fraction of sp³-hybridized carbons (Fsp3) is 0.0625. The van der Waals surface area contributed by atoms with E-state index in [0.717, 1.165) is 10.0 Å². The molecule has 0 fully saturated rings. The summed E-state index contributed by atoms with van der Waals surface area (Å²) >= 11 is 3.38. The lowest BCUT2D eigenvalue weighted by atomic mass is 9.83. The number of allylic oxidation sites excluding steroid dienone is 1. The molecule has 2 aromatic rings.